The van der Waals surface area contributed by atoms with Gasteiger partial charge in [0, 0.05) is 19.8 Å². The van der Waals surface area contributed by atoms with Crippen molar-refractivity contribution in [1.82, 2.24) is 4.90 Å². The Morgan fingerprint density at radius 2 is 2.50 bits per heavy atom. The van der Waals surface area contributed by atoms with E-state index >= 15 is 0 Å². The predicted molar refractivity (Wildman–Crippen MR) is 77.9 cm³/mol. The minimum absolute atomic E-state index is 0.0386. The summed E-state index contributed by atoms with van der Waals surface area (Å²) in [4.78, 5) is 14.5. The van der Waals surface area contributed by atoms with E-state index in [1.807, 2.05) is 28.7 Å². The molecule has 0 aliphatic carbocycles. The minimum Gasteiger partial charge on any atom is -0.374 e. The van der Waals surface area contributed by atoms with Crippen LogP contribution in [0.2, 0.25) is 0 Å². The first-order valence-electron chi connectivity index (χ1n) is 7.33. The molecule has 2 aliphatic rings. The fourth-order valence-corrected chi connectivity index (χ4v) is 3.90. The van der Waals surface area contributed by atoms with E-state index in [4.69, 9.17) is 9.47 Å². The number of likely N-dealkylation sites (tertiary alicyclic amines) is 1. The quantitative estimate of drug-likeness (QED) is 0.854. The van der Waals surface area contributed by atoms with Crippen molar-refractivity contribution in [2.75, 3.05) is 19.8 Å². The molecule has 4 nitrogen and oxygen atoms in total. The minimum atomic E-state index is 0.0386. The van der Waals surface area contributed by atoms with E-state index in [1.165, 1.54) is 0 Å². The predicted octanol–water partition coefficient (Wildman–Crippen LogP) is 2.09. The summed E-state index contributed by atoms with van der Waals surface area (Å²) in [5.74, 6) is 0.200. The van der Waals surface area contributed by atoms with Gasteiger partial charge in [0.05, 0.1) is 12.5 Å². The molecule has 3 atom stereocenters. The van der Waals surface area contributed by atoms with Crippen molar-refractivity contribution in [3.63, 3.8) is 0 Å². The molecular formula is C15H21NO3S. The maximum absolute atomic E-state index is 12.5. The molecule has 20 heavy (non-hydrogen) atoms. The second-order valence-corrected chi connectivity index (χ2v) is 6.17. The summed E-state index contributed by atoms with van der Waals surface area (Å²) in [5.41, 5.74) is 1.10. The number of amides is 1. The van der Waals surface area contributed by atoms with Crippen LogP contribution in [-0.4, -0.2) is 48.8 Å². The van der Waals surface area contributed by atoms with Crippen LogP contribution in [0.4, 0.5) is 0 Å². The average molecular weight is 295 g/mol. The molecule has 2 aliphatic heterocycles. The molecule has 0 unspecified atom stereocenters. The van der Waals surface area contributed by atoms with Gasteiger partial charge in [0.2, 0.25) is 5.91 Å². The third-order valence-electron chi connectivity index (χ3n) is 4.11. The highest BCUT2D eigenvalue weighted by atomic mass is 32.1. The molecule has 0 radical (unpaired) electrons. The summed E-state index contributed by atoms with van der Waals surface area (Å²) in [5, 5.41) is 4.06. The normalized spacial score (nSPS) is 29.4. The lowest BCUT2D eigenvalue weighted by Crippen LogP contribution is -2.44. The molecular weight excluding hydrogens is 274 g/mol. The third kappa shape index (κ3) is 2.75. The van der Waals surface area contributed by atoms with Crippen LogP contribution < -0.4 is 0 Å². The van der Waals surface area contributed by atoms with E-state index in [9.17, 15) is 4.79 Å². The van der Waals surface area contributed by atoms with Crippen LogP contribution in [0.1, 0.15) is 25.3 Å². The van der Waals surface area contributed by atoms with Gasteiger partial charge in [0.1, 0.15) is 12.2 Å². The SMILES string of the molecule is CCO[C@@H]1CN(C(=O)Cc2ccsc2)[C@H]2CCCO[C@@H]12. The molecule has 1 aromatic heterocycles. The van der Waals surface area contributed by atoms with Crippen LogP contribution in [0.5, 0.6) is 0 Å². The Bertz CT molecular complexity index is 448. The number of rotatable bonds is 4. The zero-order valence-electron chi connectivity index (χ0n) is 11.8. The molecule has 0 N–H and O–H groups in total. The number of thiophene rings is 1. The summed E-state index contributed by atoms with van der Waals surface area (Å²) >= 11 is 1.64. The molecule has 110 valence electrons. The van der Waals surface area contributed by atoms with Crippen molar-refractivity contribution < 1.29 is 14.3 Å². The van der Waals surface area contributed by atoms with E-state index in [-0.39, 0.29) is 24.2 Å². The summed E-state index contributed by atoms with van der Waals surface area (Å²) < 4.78 is 11.6. The summed E-state index contributed by atoms with van der Waals surface area (Å²) in [6.45, 7) is 4.13. The Morgan fingerprint density at radius 3 is 3.25 bits per heavy atom. The van der Waals surface area contributed by atoms with Crippen molar-refractivity contribution >= 4 is 17.2 Å². The number of ether oxygens (including phenoxy) is 2. The van der Waals surface area contributed by atoms with E-state index in [0.29, 0.717) is 19.6 Å². The smallest absolute Gasteiger partial charge is 0.227 e. The maximum atomic E-state index is 12.5. The highest BCUT2D eigenvalue weighted by Gasteiger charge is 2.46. The van der Waals surface area contributed by atoms with Crippen molar-refractivity contribution in [3.8, 4) is 0 Å². The molecule has 5 heteroatoms. The van der Waals surface area contributed by atoms with Gasteiger partial charge in [-0.2, -0.15) is 11.3 Å². The van der Waals surface area contributed by atoms with Crippen LogP contribution >= 0.6 is 11.3 Å². The number of hydrogen-bond donors (Lipinski definition) is 0. The highest BCUT2D eigenvalue weighted by molar-refractivity contribution is 7.07. The molecule has 0 spiro atoms. The Morgan fingerprint density at radius 1 is 1.60 bits per heavy atom. The first-order valence-corrected chi connectivity index (χ1v) is 8.27. The first kappa shape index (κ1) is 14.0. The Labute approximate surface area is 123 Å². The van der Waals surface area contributed by atoms with Gasteiger partial charge in [-0.15, -0.1) is 0 Å². The largest absolute Gasteiger partial charge is 0.374 e. The Balaban J connectivity index is 1.70. The van der Waals surface area contributed by atoms with Gasteiger partial charge < -0.3 is 14.4 Å². The average Bonchev–Trinajstić information content (AvgIpc) is 3.08. The molecule has 1 aromatic rings. The number of fused-ring (bicyclic) bond motifs is 1. The second-order valence-electron chi connectivity index (χ2n) is 5.39. The number of hydrogen-bond acceptors (Lipinski definition) is 4. The van der Waals surface area contributed by atoms with Crippen molar-refractivity contribution in [2.24, 2.45) is 0 Å². The molecule has 0 saturated carbocycles. The van der Waals surface area contributed by atoms with Gasteiger partial charge in [-0.1, -0.05) is 0 Å². The van der Waals surface area contributed by atoms with Crippen molar-refractivity contribution in [1.29, 1.82) is 0 Å². The fourth-order valence-electron chi connectivity index (χ4n) is 3.23. The van der Waals surface area contributed by atoms with Crippen molar-refractivity contribution in [2.45, 2.75) is 44.4 Å². The van der Waals surface area contributed by atoms with Crippen molar-refractivity contribution in [3.05, 3.63) is 22.4 Å². The van der Waals surface area contributed by atoms with E-state index in [1.54, 1.807) is 11.3 Å². The second kappa shape index (κ2) is 6.24. The standard InChI is InChI=1S/C15H21NO3S/c1-2-18-13-9-16(12-4-3-6-19-15(12)13)14(17)8-11-5-7-20-10-11/h5,7,10,12-13,15H,2-4,6,8-9H2,1H3/t12-,13+,15+/m0/s1. The van der Waals surface area contributed by atoms with Crippen LogP contribution in [0.3, 0.4) is 0 Å². The Kier molecular flexibility index (Phi) is 4.38. The van der Waals surface area contributed by atoms with Gasteiger partial charge in [-0.25, -0.2) is 0 Å². The van der Waals surface area contributed by atoms with Gasteiger partial charge in [0.25, 0.3) is 0 Å². The number of carbonyl (C=O) groups is 1. The van der Waals surface area contributed by atoms with Gasteiger partial charge >= 0.3 is 0 Å². The topological polar surface area (TPSA) is 38.8 Å². The van der Waals surface area contributed by atoms with E-state index < -0.39 is 0 Å². The molecule has 1 amide bonds. The van der Waals surface area contributed by atoms with Crippen LogP contribution in [-0.2, 0) is 20.7 Å². The lowest BCUT2D eigenvalue weighted by molar-refractivity contribution is -0.134. The highest BCUT2D eigenvalue weighted by Crippen LogP contribution is 2.31. The summed E-state index contributed by atoms with van der Waals surface area (Å²) in [6.07, 6.45) is 2.66. The van der Waals surface area contributed by atoms with Crippen LogP contribution in [0, 0.1) is 0 Å². The summed E-state index contributed by atoms with van der Waals surface area (Å²) in [6, 6.07) is 2.22. The zero-order valence-corrected chi connectivity index (χ0v) is 12.6. The molecule has 3 rings (SSSR count). The monoisotopic (exact) mass is 295 g/mol. The molecule has 2 fully saturated rings. The lowest BCUT2D eigenvalue weighted by Gasteiger charge is -2.32. The first-order chi connectivity index (χ1) is 9.79. The molecule has 3 heterocycles. The Hall–Kier alpha value is -0.910. The number of nitrogens with zero attached hydrogens (tertiary/aromatic N) is 1. The van der Waals surface area contributed by atoms with Crippen LogP contribution in [0.15, 0.2) is 16.8 Å². The number of carbonyl (C=O) groups excluding carboxylic acids is 1. The van der Waals surface area contributed by atoms with Gasteiger partial charge in [-0.3, -0.25) is 4.79 Å². The van der Waals surface area contributed by atoms with Gasteiger partial charge in [-0.05, 0) is 42.2 Å². The third-order valence-corrected chi connectivity index (χ3v) is 4.85. The molecule has 0 bridgehead atoms. The van der Waals surface area contributed by atoms with E-state index in [2.05, 4.69) is 0 Å². The van der Waals surface area contributed by atoms with Gasteiger partial charge in [0.15, 0.2) is 0 Å². The maximum Gasteiger partial charge on any atom is 0.227 e. The fraction of sp³-hybridized carbons (Fsp3) is 0.667. The van der Waals surface area contributed by atoms with E-state index in [0.717, 1.165) is 25.0 Å². The molecule has 2 saturated heterocycles. The summed E-state index contributed by atoms with van der Waals surface area (Å²) in [7, 11) is 0. The van der Waals surface area contributed by atoms with Crippen LogP contribution in [0.25, 0.3) is 0 Å². The molecule has 0 aromatic carbocycles. The lowest BCUT2D eigenvalue weighted by atomic mass is 10.0. The zero-order chi connectivity index (χ0) is 13.9.